The zero-order valence-corrected chi connectivity index (χ0v) is 10.2. The predicted octanol–water partition coefficient (Wildman–Crippen LogP) is 1.91. The van der Waals surface area contributed by atoms with Gasteiger partial charge in [-0.2, -0.15) is 8.42 Å². The van der Waals surface area contributed by atoms with Gasteiger partial charge < -0.3 is 0 Å². The molecule has 0 fully saturated rings. The Morgan fingerprint density at radius 3 is 2.25 bits per heavy atom. The summed E-state index contributed by atoms with van der Waals surface area (Å²) in [6.45, 7) is 0. The summed E-state index contributed by atoms with van der Waals surface area (Å²) in [6.07, 6.45) is 0.892. The molecule has 0 saturated carbocycles. The fourth-order valence-corrected chi connectivity index (χ4v) is 4.38. The first kappa shape index (κ1) is 13.3. The molecule has 1 aromatic carbocycles. The molecular weight excluding hydrogens is 284 g/mol. The van der Waals surface area contributed by atoms with Gasteiger partial charge in [0.15, 0.2) is 0 Å². The van der Waals surface area contributed by atoms with Gasteiger partial charge in [0, 0.05) is 23.0 Å². The number of hydrogen-bond acceptors (Lipinski definition) is 3. The van der Waals surface area contributed by atoms with Gasteiger partial charge >= 0.3 is 9.24 Å². The lowest BCUT2D eigenvalue weighted by Gasteiger charge is -2.04. The van der Waals surface area contributed by atoms with Crippen LogP contribution in [0.25, 0.3) is 0 Å². The Labute approximate surface area is 96.0 Å². The molecular formula is C7H6ClF2NO3S2. The maximum Gasteiger partial charge on any atom is 0.347 e. The summed E-state index contributed by atoms with van der Waals surface area (Å²) in [4.78, 5) is -0.516. The van der Waals surface area contributed by atoms with E-state index in [2.05, 4.69) is 3.77 Å². The Morgan fingerprint density at radius 2 is 1.81 bits per heavy atom. The first-order valence-corrected chi connectivity index (χ1v) is 7.94. The van der Waals surface area contributed by atoms with Crippen LogP contribution in [0.15, 0.2) is 26.9 Å². The van der Waals surface area contributed by atoms with E-state index in [1.807, 2.05) is 0 Å². The molecule has 0 saturated heterocycles. The van der Waals surface area contributed by atoms with Gasteiger partial charge in [-0.25, -0.2) is 13.0 Å². The Balaban J connectivity index is 3.51. The standard InChI is InChI=1S/C7H6ClF2NO3S2/c1-15(12,11-16(8,13)14)7-3-2-5(9)4-6(7)10/h2-4H,1H3. The maximum atomic E-state index is 13.2. The van der Waals surface area contributed by atoms with Crippen LogP contribution in [0.4, 0.5) is 8.78 Å². The molecule has 0 bridgehead atoms. The molecule has 4 nitrogen and oxygen atoms in total. The molecule has 0 aromatic heterocycles. The van der Waals surface area contributed by atoms with E-state index in [9.17, 15) is 21.4 Å². The normalized spacial score (nSPS) is 15.5. The summed E-state index contributed by atoms with van der Waals surface area (Å²) in [7, 11) is -3.17. The summed E-state index contributed by atoms with van der Waals surface area (Å²) in [5.74, 6) is -2.01. The Morgan fingerprint density at radius 1 is 1.25 bits per heavy atom. The van der Waals surface area contributed by atoms with Crippen molar-refractivity contribution in [2.24, 2.45) is 3.77 Å². The minimum atomic E-state index is -4.40. The van der Waals surface area contributed by atoms with E-state index >= 15 is 0 Å². The molecule has 9 heteroatoms. The van der Waals surface area contributed by atoms with Crippen molar-refractivity contribution in [2.75, 3.05) is 6.26 Å². The maximum absolute atomic E-state index is 13.2. The monoisotopic (exact) mass is 289 g/mol. The molecule has 16 heavy (non-hydrogen) atoms. The minimum absolute atomic E-state index is 0.481. The van der Waals surface area contributed by atoms with Gasteiger partial charge in [-0.1, -0.05) is 3.77 Å². The molecule has 90 valence electrons. The van der Waals surface area contributed by atoms with E-state index in [1.54, 1.807) is 0 Å². The van der Waals surface area contributed by atoms with Crippen LogP contribution in [0.5, 0.6) is 0 Å². The van der Waals surface area contributed by atoms with Crippen molar-refractivity contribution in [1.82, 2.24) is 0 Å². The zero-order valence-electron chi connectivity index (χ0n) is 7.85. The van der Waals surface area contributed by atoms with Gasteiger partial charge in [0.25, 0.3) is 0 Å². The molecule has 1 aromatic rings. The molecule has 0 aliphatic carbocycles. The van der Waals surface area contributed by atoms with Crippen LogP contribution in [0.3, 0.4) is 0 Å². The average molecular weight is 290 g/mol. The van der Waals surface area contributed by atoms with Crippen LogP contribution < -0.4 is 0 Å². The topological polar surface area (TPSA) is 63.6 Å². The number of hydrogen-bond donors (Lipinski definition) is 0. The molecule has 0 amide bonds. The highest BCUT2D eigenvalue weighted by Crippen LogP contribution is 2.19. The third-order valence-corrected chi connectivity index (χ3v) is 5.04. The Hall–Kier alpha value is -0.730. The van der Waals surface area contributed by atoms with Crippen molar-refractivity contribution >= 4 is 29.6 Å². The number of nitrogens with zero attached hydrogens (tertiary/aromatic N) is 1. The van der Waals surface area contributed by atoms with Crippen molar-refractivity contribution in [3.63, 3.8) is 0 Å². The van der Waals surface area contributed by atoms with Gasteiger partial charge in [0.05, 0.1) is 14.6 Å². The average Bonchev–Trinajstić information content (AvgIpc) is 1.97. The van der Waals surface area contributed by atoms with Gasteiger partial charge in [-0.05, 0) is 12.1 Å². The molecule has 0 N–H and O–H groups in total. The van der Waals surface area contributed by atoms with E-state index in [-0.39, 0.29) is 0 Å². The van der Waals surface area contributed by atoms with Crippen molar-refractivity contribution in [3.8, 4) is 0 Å². The smallest absolute Gasteiger partial charge is 0.244 e. The fraction of sp³-hybridized carbons (Fsp3) is 0.143. The zero-order chi connectivity index (χ0) is 12.6. The van der Waals surface area contributed by atoms with Crippen LogP contribution in [0, 0.1) is 11.6 Å². The lowest BCUT2D eigenvalue weighted by atomic mass is 10.3. The number of rotatable bonds is 2. The first-order valence-electron chi connectivity index (χ1n) is 3.75. The quantitative estimate of drug-likeness (QED) is 0.781. The minimum Gasteiger partial charge on any atom is -0.244 e. The third kappa shape index (κ3) is 3.39. The Bertz CT molecular complexity index is 635. The van der Waals surface area contributed by atoms with Gasteiger partial charge in [0.1, 0.15) is 11.6 Å². The van der Waals surface area contributed by atoms with E-state index in [4.69, 9.17) is 10.7 Å². The van der Waals surface area contributed by atoms with Gasteiger partial charge in [-0.3, -0.25) is 0 Å². The second-order valence-electron chi connectivity index (χ2n) is 2.86. The summed E-state index contributed by atoms with van der Waals surface area (Å²) in [6, 6.07) is 2.19. The van der Waals surface area contributed by atoms with Crippen LogP contribution in [-0.2, 0) is 19.0 Å². The number of benzene rings is 1. The van der Waals surface area contributed by atoms with Crippen LogP contribution in [0.2, 0.25) is 0 Å². The van der Waals surface area contributed by atoms with Crippen LogP contribution in [0.1, 0.15) is 0 Å². The predicted molar refractivity (Wildman–Crippen MR) is 55.9 cm³/mol. The van der Waals surface area contributed by atoms with Crippen molar-refractivity contribution in [3.05, 3.63) is 29.8 Å². The molecule has 0 spiro atoms. The van der Waals surface area contributed by atoms with E-state index in [0.717, 1.165) is 18.4 Å². The molecule has 1 atom stereocenters. The largest absolute Gasteiger partial charge is 0.347 e. The van der Waals surface area contributed by atoms with Gasteiger partial charge in [0.2, 0.25) is 0 Å². The van der Waals surface area contributed by atoms with Crippen molar-refractivity contribution in [2.45, 2.75) is 4.90 Å². The summed E-state index contributed by atoms with van der Waals surface area (Å²) in [5, 5.41) is 0. The lowest BCUT2D eigenvalue weighted by molar-refractivity contribution is 0.562. The van der Waals surface area contributed by atoms with E-state index in [0.29, 0.717) is 6.07 Å². The summed E-state index contributed by atoms with van der Waals surface area (Å²) >= 11 is 0. The van der Waals surface area contributed by atoms with Crippen molar-refractivity contribution < 1.29 is 21.4 Å². The van der Waals surface area contributed by atoms with Gasteiger partial charge in [-0.15, -0.1) is 0 Å². The number of halogens is 3. The molecule has 0 aliphatic heterocycles. The third-order valence-electron chi connectivity index (χ3n) is 1.53. The SMILES string of the molecule is CS(=O)(=NS(=O)(=O)Cl)c1ccc(F)cc1F. The van der Waals surface area contributed by atoms with Crippen molar-refractivity contribution in [1.29, 1.82) is 0 Å². The molecule has 1 rings (SSSR count). The lowest BCUT2D eigenvalue weighted by Crippen LogP contribution is -2.03. The highest BCUT2D eigenvalue weighted by molar-refractivity contribution is 8.17. The van der Waals surface area contributed by atoms with Crippen LogP contribution >= 0.6 is 10.7 Å². The van der Waals surface area contributed by atoms with E-state index < -0.39 is 35.5 Å². The summed E-state index contributed by atoms with van der Waals surface area (Å²) < 4.78 is 61.6. The highest BCUT2D eigenvalue weighted by Gasteiger charge is 2.16. The molecule has 1 unspecified atom stereocenters. The second-order valence-corrected chi connectivity index (χ2v) is 7.50. The summed E-state index contributed by atoms with van der Waals surface area (Å²) in [5.41, 5.74) is 0. The second kappa shape index (κ2) is 4.27. The van der Waals surface area contributed by atoms with Crippen LogP contribution in [-0.4, -0.2) is 18.9 Å². The Kier molecular flexibility index (Phi) is 3.56. The fourth-order valence-electron chi connectivity index (χ4n) is 0.992. The molecule has 0 radical (unpaired) electrons. The molecule has 0 aliphatic rings. The highest BCUT2D eigenvalue weighted by atomic mass is 35.7. The molecule has 0 heterocycles. The first-order chi connectivity index (χ1) is 7.12. The van der Waals surface area contributed by atoms with E-state index in [1.165, 1.54) is 0 Å².